The van der Waals surface area contributed by atoms with Crippen LogP contribution in [0.25, 0.3) is 0 Å². The molecule has 4 nitrogen and oxygen atoms in total. The molecule has 0 saturated carbocycles. The summed E-state index contributed by atoms with van der Waals surface area (Å²) in [5, 5.41) is 3.58. The molecular weight excluding hydrogens is 250 g/mol. The number of amides is 1. The minimum atomic E-state index is 0.0161. The minimum absolute atomic E-state index is 0.0161. The molecule has 1 atom stereocenters. The second-order valence-electron chi connectivity index (χ2n) is 4.56. The summed E-state index contributed by atoms with van der Waals surface area (Å²) in [6.07, 6.45) is 6.42. The van der Waals surface area contributed by atoms with Crippen LogP contribution in [0.5, 0.6) is 0 Å². The van der Waals surface area contributed by atoms with Gasteiger partial charge in [0.15, 0.2) is 0 Å². The van der Waals surface area contributed by atoms with Crippen molar-refractivity contribution in [2.75, 3.05) is 20.1 Å². The molecule has 0 aromatic carbocycles. The Labute approximate surface area is 112 Å². The fourth-order valence-electron chi connectivity index (χ4n) is 2.42. The fraction of sp³-hybridized carbons (Fsp3) is 0.538. The van der Waals surface area contributed by atoms with E-state index in [2.05, 4.69) is 10.3 Å². The van der Waals surface area contributed by atoms with E-state index in [0.29, 0.717) is 10.6 Å². The SMILES string of the molecule is CNCC1CCCCN1C(=O)c1ccncc1Cl. The lowest BCUT2D eigenvalue weighted by atomic mass is 10.0. The molecule has 1 N–H and O–H groups in total. The third-order valence-electron chi connectivity index (χ3n) is 3.33. The van der Waals surface area contributed by atoms with Gasteiger partial charge in [-0.2, -0.15) is 0 Å². The molecule has 1 fully saturated rings. The van der Waals surface area contributed by atoms with Crippen LogP contribution in [0.3, 0.4) is 0 Å². The zero-order valence-electron chi connectivity index (χ0n) is 10.5. The van der Waals surface area contributed by atoms with Crippen molar-refractivity contribution in [1.29, 1.82) is 0 Å². The number of nitrogens with one attached hydrogen (secondary N) is 1. The van der Waals surface area contributed by atoms with Crippen molar-refractivity contribution < 1.29 is 4.79 Å². The van der Waals surface area contributed by atoms with Crippen LogP contribution in [0.2, 0.25) is 5.02 Å². The molecule has 98 valence electrons. The maximum Gasteiger partial charge on any atom is 0.255 e. The van der Waals surface area contributed by atoms with Gasteiger partial charge in [-0.15, -0.1) is 0 Å². The fourth-order valence-corrected chi connectivity index (χ4v) is 2.62. The van der Waals surface area contributed by atoms with E-state index >= 15 is 0 Å². The second kappa shape index (κ2) is 6.16. The quantitative estimate of drug-likeness (QED) is 0.911. The predicted octanol–water partition coefficient (Wildman–Crippen LogP) is 1.95. The Morgan fingerprint density at radius 2 is 2.44 bits per heavy atom. The number of nitrogens with zero attached hydrogens (tertiary/aromatic N) is 2. The van der Waals surface area contributed by atoms with Crippen molar-refractivity contribution >= 4 is 17.5 Å². The number of hydrogen-bond donors (Lipinski definition) is 1. The minimum Gasteiger partial charge on any atom is -0.334 e. The third-order valence-corrected chi connectivity index (χ3v) is 3.63. The molecule has 18 heavy (non-hydrogen) atoms. The molecule has 1 aliphatic heterocycles. The van der Waals surface area contributed by atoms with Gasteiger partial charge >= 0.3 is 0 Å². The summed E-state index contributed by atoms with van der Waals surface area (Å²) in [4.78, 5) is 18.3. The van der Waals surface area contributed by atoms with E-state index in [9.17, 15) is 4.79 Å². The van der Waals surface area contributed by atoms with Crippen LogP contribution in [0.1, 0.15) is 29.6 Å². The van der Waals surface area contributed by atoms with Crippen LogP contribution >= 0.6 is 11.6 Å². The standard InChI is InChI=1S/C13H18ClN3O/c1-15-8-10-4-2-3-7-17(10)13(18)11-5-6-16-9-12(11)14/h5-6,9-10,15H,2-4,7-8H2,1H3. The molecule has 2 heterocycles. The topological polar surface area (TPSA) is 45.2 Å². The lowest BCUT2D eigenvalue weighted by Gasteiger charge is -2.36. The summed E-state index contributed by atoms with van der Waals surface area (Å²) in [6, 6.07) is 1.95. The van der Waals surface area contributed by atoms with Crippen molar-refractivity contribution in [2.45, 2.75) is 25.3 Å². The Balaban J connectivity index is 2.18. The Bertz CT molecular complexity index is 422. The monoisotopic (exact) mass is 267 g/mol. The van der Waals surface area contributed by atoms with Crippen molar-refractivity contribution in [2.24, 2.45) is 0 Å². The summed E-state index contributed by atoms with van der Waals surface area (Å²) in [6.45, 7) is 1.64. The Morgan fingerprint density at radius 1 is 1.61 bits per heavy atom. The maximum absolute atomic E-state index is 12.5. The van der Waals surface area contributed by atoms with Gasteiger partial charge in [0.25, 0.3) is 5.91 Å². The van der Waals surface area contributed by atoms with Gasteiger partial charge in [0.05, 0.1) is 10.6 Å². The van der Waals surface area contributed by atoms with Crippen LogP contribution in [0, 0.1) is 0 Å². The van der Waals surface area contributed by atoms with Crippen molar-refractivity contribution in [1.82, 2.24) is 15.2 Å². The normalized spacial score (nSPS) is 19.9. The third kappa shape index (κ3) is 2.82. The summed E-state index contributed by atoms with van der Waals surface area (Å²) in [5.41, 5.74) is 0.551. The Kier molecular flexibility index (Phi) is 4.55. The summed E-state index contributed by atoms with van der Waals surface area (Å²) < 4.78 is 0. The molecule has 1 amide bonds. The Hall–Kier alpha value is -1.13. The molecule has 1 saturated heterocycles. The van der Waals surface area contributed by atoms with E-state index in [0.717, 1.165) is 25.9 Å². The molecule has 1 aromatic heterocycles. The number of carbonyl (C=O) groups excluding carboxylic acids is 1. The molecule has 0 radical (unpaired) electrons. The molecule has 1 aromatic rings. The summed E-state index contributed by atoms with van der Waals surface area (Å²) >= 11 is 6.04. The lowest BCUT2D eigenvalue weighted by molar-refractivity contribution is 0.0615. The second-order valence-corrected chi connectivity index (χ2v) is 4.97. The van der Waals surface area contributed by atoms with Gasteiger partial charge in [-0.25, -0.2) is 0 Å². The molecule has 0 bridgehead atoms. The first-order chi connectivity index (χ1) is 8.74. The van der Waals surface area contributed by atoms with Gasteiger partial charge in [-0.1, -0.05) is 11.6 Å². The van der Waals surface area contributed by atoms with Crippen LogP contribution in [0.15, 0.2) is 18.5 Å². The number of likely N-dealkylation sites (N-methyl/N-ethyl adjacent to an activating group) is 1. The Morgan fingerprint density at radius 3 is 3.17 bits per heavy atom. The average molecular weight is 268 g/mol. The number of aromatic nitrogens is 1. The van der Waals surface area contributed by atoms with Crippen molar-refractivity contribution in [3.05, 3.63) is 29.0 Å². The van der Waals surface area contributed by atoms with Gasteiger partial charge < -0.3 is 10.2 Å². The first kappa shape index (κ1) is 13.3. The number of halogens is 1. The van der Waals surface area contributed by atoms with Gasteiger partial charge in [0.1, 0.15) is 0 Å². The predicted molar refractivity (Wildman–Crippen MR) is 71.8 cm³/mol. The van der Waals surface area contributed by atoms with Crippen LogP contribution in [0.4, 0.5) is 0 Å². The van der Waals surface area contributed by atoms with E-state index in [-0.39, 0.29) is 11.9 Å². The lowest BCUT2D eigenvalue weighted by Crippen LogP contribution is -2.48. The van der Waals surface area contributed by atoms with Crippen molar-refractivity contribution in [3.8, 4) is 0 Å². The van der Waals surface area contributed by atoms with Crippen molar-refractivity contribution in [3.63, 3.8) is 0 Å². The van der Waals surface area contributed by atoms with E-state index in [4.69, 9.17) is 11.6 Å². The van der Waals surface area contributed by atoms with Gasteiger partial charge in [-0.3, -0.25) is 9.78 Å². The smallest absolute Gasteiger partial charge is 0.255 e. The van der Waals surface area contributed by atoms with E-state index in [1.807, 2.05) is 11.9 Å². The highest BCUT2D eigenvalue weighted by molar-refractivity contribution is 6.33. The molecule has 0 spiro atoms. The van der Waals surface area contributed by atoms with Crippen LogP contribution in [-0.2, 0) is 0 Å². The first-order valence-corrected chi connectivity index (χ1v) is 6.67. The molecule has 1 aliphatic rings. The van der Waals surface area contributed by atoms with E-state index in [1.165, 1.54) is 12.6 Å². The molecule has 0 aliphatic carbocycles. The molecular formula is C13H18ClN3O. The number of carbonyl (C=O) groups is 1. The summed E-state index contributed by atoms with van der Waals surface area (Å²) in [7, 11) is 1.91. The maximum atomic E-state index is 12.5. The number of pyridine rings is 1. The molecule has 2 rings (SSSR count). The van der Waals surface area contributed by atoms with Crippen LogP contribution < -0.4 is 5.32 Å². The molecule has 1 unspecified atom stereocenters. The highest BCUT2D eigenvalue weighted by Crippen LogP contribution is 2.22. The largest absolute Gasteiger partial charge is 0.334 e. The van der Waals surface area contributed by atoms with Gasteiger partial charge in [0, 0.05) is 31.5 Å². The van der Waals surface area contributed by atoms with E-state index < -0.39 is 0 Å². The number of piperidine rings is 1. The number of likely N-dealkylation sites (tertiary alicyclic amines) is 1. The molecule has 5 heteroatoms. The summed E-state index contributed by atoms with van der Waals surface area (Å²) in [5.74, 6) is 0.0161. The average Bonchev–Trinajstić information content (AvgIpc) is 2.40. The number of hydrogen-bond acceptors (Lipinski definition) is 3. The zero-order chi connectivity index (χ0) is 13.0. The highest BCUT2D eigenvalue weighted by atomic mass is 35.5. The van der Waals surface area contributed by atoms with Gasteiger partial charge in [0.2, 0.25) is 0 Å². The van der Waals surface area contributed by atoms with Gasteiger partial charge in [-0.05, 0) is 32.4 Å². The van der Waals surface area contributed by atoms with E-state index in [1.54, 1.807) is 12.3 Å². The first-order valence-electron chi connectivity index (χ1n) is 6.29. The number of rotatable bonds is 3. The highest BCUT2D eigenvalue weighted by Gasteiger charge is 2.27. The van der Waals surface area contributed by atoms with Crippen LogP contribution in [-0.4, -0.2) is 42.0 Å². The zero-order valence-corrected chi connectivity index (χ0v) is 11.3.